The van der Waals surface area contributed by atoms with Gasteiger partial charge in [-0.25, -0.2) is 0 Å². The molecule has 0 aromatic heterocycles. The molecule has 0 heterocycles. The maximum Gasteiger partial charge on any atom is 0.239 e. The van der Waals surface area contributed by atoms with Crippen molar-refractivity contribution in [3.63, 3.8) is 0 Å². The molecule has 0 aliphatic carbocycles. The second-order valence-corrected chi connectivity index (χ2v) is 3.64. The van der Waals surface area contributed by atoms with Crippen LogP contribution in [0.1, 0.15) is 12.5 Å². The highest BCUT2D eigenvalue weighted by Crippen LogP contribution is 2.05. The second-order valence-electron chi connectivity index (χ2n) is 3.64. The van der Waals surface area contributed by atoms with Crippen LogP contribution in [0.5, 0.6) is 0 Å². The number of likely N-dealkylation sites (N-methyl/N-ethyl adjacent to an activating group) is 1. The van der Waals surface area contributed by atoms with Crippen LogP contribution in [0.4, 0.5) is 0 Å². The van der Waals surface area contributed by atoms with Gasteiger partial charge in [-0.15, -0.1) is 0 Å². The van der Waals surface area contributed by atoms with Gasteiger partial charge in [-0.05, 0) is 12.5 Å². The number of carbonyl (C=O) groups is 1. The highest BCUT2D eigenvalue weighted by atomic mass is 16.5. The Kier molecular flexibility index (Phi) is 4.95. The minimum absolute atomic E-state index is 0.208. The molecule has 0 saturated heterocycles. The lowest BCUT2D eigenvalue weighted by Gasteiger charge is -2.19. The van der Waals surface area contributed by atoms with Crippen molar-refractivity contribution in [1.29, 1.82) is 0 Å². The zero-order valence-electron chi connectivity index (χ0n) is 9.64. The summed E-state index contributed by atoms with van der Waals surface area (Å²) in [6.45, 7) is 2.26. The molecule has 88 valence electrons. The van der Waals surface area contributed by atoms with Gasteiger partial charge >= 0.3 is 0 Å². The average Bonchev–Trinajstić information content (AvgIpc) is 2.35. The van der Waals surface area contributed by atoms with Crippen LogP contribution in [-0.2, 0) is 16.1 Å². The molecular weight excluding hydrogens is 204 g/mol. The summed E-state index contributed by atoms with van der Waals surface area (Å²) in [6, 6.07) is 9.15. The summed E-state index contributed by atoms with van der Waals surface area (Å²) in [5.41, 5.74) is 6.77. The molecule has 0 aliphatic rings. The number of amides is 1. The molecule has 1 aromatic rings. The number of carbonyl (C=O) groups excluding carboxylic acids is 1. The molecule has 1 amide bonds. The van der Waals surface area contributed by atoms with E-state index < -0.39 is 6.04 Å². The van der Waals surface area contributed by atoms with Crippen molar-refractivity contribution in [1.82, 2.24) is 5.32 Å². The average molecular weight is 222 g/mol. The van der Waals surface area contributed by atoms with Crippen molar-refractivity contribution in [2.75, 3.05) is 7.05 Å². The van der Waals surface area contributed by atoms with Crippen LogP contribution in [0.25, 0.3) is 0 Å². The molecule has 0 fully saturated rings. The maximum absolute atomic E-state index is 11.2. The van der Waals surface area contributed by atoms with Crippen molar-refractivity contribution in [2.24, 2.45) is 5.73 Å². The standard InChI is InChI=1S/C12H18N2O2/c1-9(11(13)12(15)14-2)16-8-10-6-4-3-5-7-10/h3-7,9,11H,8,13H2,1-2H3,(H,14,15). The molecule has 0 saturated carbocycles. The van der Waals surface area contributed by atoms with Gasteiger partial charge in [0.25, 0.3) is 0 Å². The van der Waals surface area contributed by atoms with E-state index in [1.807, 2.05) is 30.3 Å². The van der Waals surface area contributed by atoms with Gasteiger partial charge in [0.2, 0.25) is 5.91 Å². The fourth-order valence-electron chi connectivity index (χ4n) is 1.29. The fourth-order valence-corrected chi connectivity index (χ4v) is 1.29. The second kappa shape index (κ2) is 6.25. The monoisotopic (exact) mass is 222 g/mol. The topological polar surface area (TPSA) is 64.4 Å². The number of ether oxygens (including phenoxy) is 1. The summed E-state index contributed by atoms with van der Waals surface area (Å²) < 4.78 is 5.53. The molecule has 3 N–H and O–H groups in total. The third-order valence-corrected chi connectivity index (χ3v) is 2.41. The fraction of sp³-hybridized carbons (Fsp3) is 0.417. The van der Waals surface area contributed by atoms with Crippen LogP contribution >= 0.6 is 0 Å². The Morgan fingerprint density at radius 3 is 2.62 bits per heavy atom. The predicted molar refractivity (Wildman–Crippen MR) is 62.7 cm³/mol. The smallest absolute Gasteiger partial charge is 0.239 e. The third-order valence-electron chi connectivity index (χ3n) is 2.41. The van der Waals surface area contributed by atoms with Crippen molar-refractivity contribution < 1.29 is 9.53 Å². The van der Waals surface area contributed by atoms with Crippen LogP contribution in [0.15, 0.2) is 30.3 Å². The molecule has 0 aliphatic heterocycles. The first-order chi connectivity index (χ1) is 7.65. The number of benzene rings is 1. The lowest BCUT2D eigenvalue weighted by molar-refractivity contribution is -0.125. The van der Waals surface area contributed by atoms with Gasteiger partial charge in [-0.1, -0.05) is 30.3 Å². The van der Waals surface area contributed by atoms with Gasteiger partial charge in [0, 0.05) is 7.05 Å². The Morgan fingerprint density at radius 1 is 1.44 bits per heavy atom. The number of hydrogen-bond acceptors (Lipinski definition) is 3. The lowest BCUT2D eigenvalue weighted by Crippen LogP contribution is -2.46. The van der Waals surface area contributed by atoms with Crippen molar-refractivity contribution >= 4 is 5.91 Å². The van der Waals surface area contributed by atoms with Crippen molar-refractivity contribution in [3.05, 3.63) is 35.9 Å². The van der Waals surface area contributed by atoms with Crippen molar-refractivity contribution in [2.45, 2.75) is 25.7 Å². The summed E-state index contributed by atoms with van der Waals surface area (Å²) in [5, 5.41) is 2.50. The third kappa shape index (κ3) is 3.64. The molecule has 2 unspecified atom stereocenters. The maximum atomic E-state index is 11.2. The molecule has 2 atom stereocenters. The highest BCUT2D eigenvalue weighted by Gasteiger charge is 2.19. The Labute approximate surface area is 95.8 Å². The minimum atomic E-state index is -0.631. The van der Waals surface area contributed by atoms with Gasteiger partial charge in [0.05, 0.1) is 12.7 Å². The van der Waals surface area contributed by atoms with E-state index in [-0.39, 0.29) is 12.0 Å². The van der Waals surface area contributed by atoms with Crippen LogP contribution in [-0.4, -0.2) is 25.1 Å². The van der Waals surface area contributed by atoms with Gasteiger partial charge in [0.15, 0.2) is 0 Å². The van der Waals surface area contributed by atoms with E-state index in [1.165, 1.54) is 0 Å². The molecule has 4 nitrogen and oxygen atoms in total. The Balaban J connectivity index is 2.41. The van der Waals surface area contributed by atoms with Crippen LogP contribution < -0.4 is 11.1 Å². The summed E-state index contributed by atoms with van der Waals surface area (Å²) in [5.74, 6) is -0.208. The molecule has 16 heavy (non-hydrogen) atoms. The van der Waals surface area contributed by atoms with Crippen LogP contribution in [0, 0.1) is 0 Å². The van der Waals surface area contributed by atoms with Gasteiger partial charge in [-0.3, -0.25) is 4.79 Å². The molecule has 0 bridgehead atoms. The lowest BCUT2D eigenvalue weighted by atomic mass is 10.2. The number of nitrogens with two attached hydrogens (primary N) is 1. The predicted octanol–water partition coefficient (Wildman–Crippen LogP) is 0.665. The van der Waals surface area contributed by atoms with E-state index in [4.69, 9.17) is 10.5 Å². The van der Waals surface area contributed by atoms with E-state index in [0.717, 1.165) is 5.56 Å². The van der Waals surface area contributed by atoms with Gasteiger partial charge in [-0.2, -0.15) is 0 Å². The quantitative estimate of drug-likeness (QED) is 0.769. The molecule has 0 radical (unpaired) electrons. The molecule has 1 aromatic carbocycles. The molecule has 0 spiro atoms. The van der Waals surface area contributed by atoms with E-state index >= 15 is 0 Å². The first kappa shape index (κ1) is 12.7. The number of nitrogens with one attached hydrogen (secondary N) is 1. The SMILES string of the molecule is CNC(=O)C(N)C(C)OCc1ccccc1. The normalized spacial score (nSPS) is 14.2. The zero-order chi connectivity index (χ0) is 12.0. The van der Waals surface area contributed by atoms with E-state index in [9.17, 15) is 4.79 Å². The van der Waals surface area contributed by atoms with Crippen LogP contribution in [0.3, 0.4) is 0 Å². The highest BCUT2D eigenvalue weighted by molar-refractivity contribution is 5.81. The van der Waals surface area contributed by atoms with E-state index in [2.05, 4.69) is 5.32 Å². The minimum Gasteiger partial charge on any atom is -0.372 e. The summed E-state index contributed by atoms with van der Waals surface area (Å²) in [6.07, 6.45) is -0.305. The molecule has 1 rings (SSSR count). The Bertz CT molecular complexity index is 327. The van der Waals surface area contributed by atoms with Gasteiger partial charge in [0.1, 0.15) is 6.04 Å². The van der Waals surface area contributed by atoms with E-state index in [1.54, 1.807) is 14.0 Å². The van der Waals surface area contributed by atoms with Gasteiger partial charge < -0.3 is 15.8 Å². The molecular formula is C12H18N2O2. The van der Waals surface area contributed by atoms with E-state index in [0.29, 0.717) is 6.61 Å². The number of rotatable bonds is 5. The summed E-state index contributed by atoms with van der Waals surface area (Å²) >= 11 is 0. The largest absolute Gasteiger partial charge is 0.372 e. The summed E-state index contributed by atoms with van der Waals surface area (Å²) in [7, 11) is 1.56. The molecule has 4 heteroatoms. The first-order valence-electron chi connectivity index (χ1n) is 5.28. The Hall–Kier alpha value is -1.39. The van der Waals surface area contributed by atoms with Crippen LogP contribution in [0.2, 0.25) is 0 Å². The zero-order valence-corrected chi connectivity index (χ0v) is 9.64. The summed E-state index contributed by atoms with van der Waals surface area (Å²) in [4.78, 5) is 11.2. The first-order valence-corrected chi connectivity index (χ1v) is 5.28. The van der Waals surface area contributed by atoms with Crippen molar-refractivity contribution in [3.8, 4) is 0 Å². The number of hydrogen-bond donors (Lipinski definition) is 2. The Morgan fingerprint density at radius 2 is 2.06 bits per heavy atom.